The van der Waals surface area contributed by atoms with Crippen LogP contribution in [0.3, 0.4) is 0 Å². The van der Waals surface area contributed by atoms with Crippen molar-refractivity contribution >= 4 is 17.5 Å². The maximum Gasteiger partial charge on any atom is 0.291 e. The third kappa shape index (κ3) is 4.28. The van der Waals surface area contributed by atoms with Crippen LogP contribution in [0.4, 0.5) is 0 Å². The summed E-state index contributed by atoms with van der Waals surface area (Å²) >= 11 is 0. The zero-order valence-corrected chi connectivity index (χ0v) is 17.9. The molecule has 0 aliphatic carbocycles. The van der Waals surface area contributed by atoms with E-state index in [9.17, 15) is 14.4 Å². The molecule has 2 aromatic carbocycles. The number of Topliss-reactive ketones (excluding diaryl/α,β-unsaturated/α-hetero) is 2. The predicted octanol–water partition coefficient (Wildman–Crippen LogP) is 2.91. The molecule has 6 nitrogen and oxygen atoms in total. The molecule has 2 atom stereocenters. The third-order valence-electron chi connectivity index (χ3n) is 5.53. The summed E-state index contributed by atoms with van der Waals surface area (Å²) in [4.78, 5) is 43.0. The molecule has 3 rings (SSSR count). The Morgan fingerprint density at radius 2 is 1.80 bits per heavy atom. The van der Waals surface area contributed by atoms with Crippen molar-refractivity contribution in [2.24, 2.45) is 5.92 Å². The lowest BCUT2D eigenvalue weighted by atomic mass is 9.85. The summed E-state index contributed by atoms with van der Waals surface area (Å²) in [6.45, 7) is 3.02. The van der Waals surface area contributed by atoms with Crippen molar-refractivity contribution in [3.8, 4) is 5.75 Å². The van der Waals surface area contributed by atoms with Crippen LogP contribution in [0.5, 0.6) is 5.75 Å². The molecule has 0 spiro atoms. The number of hydrogen-bond acceptors (Lipinski definition) is 5. The summed E-state index contributed by atoms with van der Waals surface area (Å²) in [5, 5.41) is 0. The molecule has 30 heavy (non-hydrogen) atoms. The van der Waals surface area contributed by atoms with Gasteiger partial charge in [-0.25, -0.2) is 0 Å². The molecule has 1 heterocycles. The average Bonchev–Trinajstić information content (AvgIpc) is 2.98. The van der Waals surface area contributed by atoms with E-state index < -0.39 is 23.7 Å². The molecule has 1 saturated heterocycles. The van der Waals surface area contributed by atoms with E-state index in [-0.39, 0.29) is 5.78 Å². The molecule has 6 heteroatoms. The summed E-state index contributed by atoms with van der Waals surface area (Å²) in [5.74, 6) is -1.94. The Bertz CT molecular complexity index is 939. The fourth-order valence-corrected chi connectivity index (χ4v) is 4.01. The van der Waals surface area contributed by atoms with Crippen molar-refractivity contribution < 1.29 is 19.1 Å². The Labute approximate surface area is 177 Å². The Morgan fingerprint density at radius 1 is 1.10 bits per heavy atom. The van der Waals surface area contributed by atoms with Gasteiger partial charge in [0.1, 0.15) is 11.7 Å². The molecule has 0 radical (unpaired) electrons. The first kappa shape index (κ1) is 21.7. The molecule has 2 aromatic rings. The number of hydrogen-bond donors (Lipinski definition) is 0. The molecule has 1 aliphatic rings. The first-order valence-corrected chi connectivity index (χ1v) is 10.1. The van der Waals surface area contributed by atoms with E-state index in [1.54, 1.807) is 30.2 Å². The fraction of sp³-hybridized carbons (Fsp3) is 0.375. The van der Waals surface area contributed by atoms with E-state index in [2.05, 4.69) is 0 Å². The van der Waals surface area contributed by atoms with Gasteiger partial charge in [0, 0.05) is 12.1 Å². The molecule has 0 aromatic heterocycles. The standard InChI is InChI=1S/C24H28N2O4/c1-16-15-18(30-4)11-12-19(16)22(27)20-21(17-9-6-5-7-10-17)26(24(29)23(20)28)14-8-13-25(2)3/h5-7,9-12,15,20-21H,8,13-14H2,1-4H3. The molecule has 0 bridgehead atoms. The van der Waals surface area contributed by atoms with Crippen LogP contribution in [0.15, 0.2) is 48.5 Å². The molecular weight excluding hydrogens is 380 g/mol. The minimum atomic E-state index is -1.05. The number of benzene rings is 2. The zero-order valence-electron chi connectivity index (χ0n) is 17.9. The van der Waals surface area contributed by atoms with Crippen molar-refractivity contribution in [1.29, 1.82) is 0 Å². The van der Waals surface area contributed by atoms with Crippen molar-refractivity contribution in [2.45, 2.75) is 19.4 Å². The lowest BCUT2D eigenvalue weighted by Gasteiger charge is -2.28. The van der Waals surface area contributed by atoms with Crippen molar-refractivity contribution in [3.05, 3.63) is 65.2 Å². The number of amides is 1. The lowest BCUT2D eigenvalue weighted by Crippen LogP contribution is -2.33. The van der Waals surface area contributed by atoms with Crippen LogP contribution >= 0.6 is 0 Å². The highest BCUT2D eigenvalue weighted by atomic mass is 16.5. The van der Waals surface area contributed by atoms with E-state index in [0.717, 1.165) is 24.1 Å². The Kier molecular flexibility index (Phi) is 6.67. The molecule has 158 valence electrons. The van der Waals surface area contributed by atoms with E-state index in [0.29, 0.717) is 17.9 Å². The topological polar surface area (TPSA) is 66.9 Å². The van der Waals surface area contributed by atoms with E-state index in [4.69, 9.17) is 4.74 Å². The number of likely N-dealkylation sites (tertiary alicyclic amines) is 1. The van der Waals surface area contributed by atoms with Crippen LogP contribution < -0.4 is 4.74 Å². The lowest BCUT2D eigenvalue weighted by molar-refractivity contribution is -0.140. The maximum absolute atomic E-state index is 13.5. The van der Waals surface area contributed by atoms with E-state index >= 15 is 0 Å². The normalized spacial score (nSPS) is 18.9. The quantitative estimate of drug-likeness (QED) is 0.382. The van der Waals surface area contributed by atoms with Gasteiger partial charge in [0.05, 0.1) is 13.2 Å². The van der Waals surface area contributed by atoms with Crippen LogP contribution in [0, 0.1) is 12.8 Å². The monoisotopic (exact) mass is 408 g/mol. The molecule has 1 aliphatic heterocycles. The molecular formula is C24H28N2O4. The second-order valence-electron chi connectivity index (χ2n) is 7.90. The fourth-order valence-electron chi connectivity index (χ4n) is 4.01. The van der Waals surface area contributed by atoms with Gasteiger partial charge in [-0.1, -0.05) is 30.3 Å². The maximum atomic E-state index is 13.5. The van der Waals surface area contributed by atoms with Gasteiger partial charge in [-0.2, -0.15) is 0 Å². The van der Waals surface area contributed by atoms with Gasteiger partial charge in [-0.15, -0.1) is 0 Å². The zero-order chi connectivity index (χ0) is 21.8. The van der Waals surface area contributed by atoms with Crippen LogP contribution in [-0.2, 0) is 9.59 Å². The first-order valence-electron chi connectivity index (χ1n) is 10.1. The van der Waals surface area contributed by atoms with Gasteiger partial charge in [0.15, 0.2) is 5.78 Å². The summed E-state index contributed by atoms with van der Waals surface area (Å²) in [7, 11) is 5.49. The highest BCUT2D eigenvalue weighted by Crippen LogP contribution is 2.38. The number of aryl methyl sites for hydroxylation is 1. The smallest absolute Gasteiger partial charge is 0.291 e. The summed E-state index contributed by atoms with van der Waals surface area (Å²) in [6, 6.07) is 13.9. The molecule has 1 amide bonds. The number of ketones is 2. The molecule has 1 fully saturated rings. The predicted molar refractivity (Wildman–Crippen MR) is 115 cm³/mol. The second-order valence-corrected chi connectivity index (χ2v) is 7.90. The van der Waals surface area contributed by atoms with Gasteiger partial charge in [-0.05, 0) is 63.3 Å². The summed E-state index contributed by atoms with van der Waals surface area (Å²) < 4.78 is 5.22. The Hall–Kier alpha value is -2.99. The van der Waals surface area contributed by atoms with E-state index in [1.165, 1.54) is 0 Å². The third-order valence-corrected chi connectivity index (χ3v) is 5.53. The number of nitrogens with zero attached hydrogens (tertiary/aromatic N) is 2. The molecule has 0 saturated carbocycles. The molecule has 0 N–H and O–H groups in total. The van der Waals surface area contributed by atoms with Crippen molar-refractivity contribution in [2.75, 3.05) is 34.3 Å². The Balaban J connectivity index is 1.99. The highest BCUT2D eigenvalue weighted by Gasteiger charge is 2.51. The molecule has 2 unspecified atom stereocenters. The largest absolute Gasteiger partial charge is 0.497 e. The van der Waals surface area contributed by atoms with Gasteiger partial charge in [0.2, 0.25) is 5.78 Å². The van der Waals surface area contributed by atoms with Gasteiger partial charge in [0.25, 0.3) is 5.91 Å². The Morgan fingerprint density at radius 3 is 2.40 bits per heavy atom. The number of carbonyl (C=O) groups is 3. The van der Waals surface area contributed by atoms with Crippen LogP contribution in [0.25, 0.3) is 0 Å². The van der Waals surface area contributed by atoms with E-state index in [1.807, 2.05) is 56.3 Å². The minimum Gasteiger partial charge on any atom is -0.497 e. The van der Waals surface area contributed by atoms with Crippen LogP contribution in [0.1, 0.15) is 33.9 Å². The van der Waals surface area contributed by atoms with Crippen LogP contribution in [-0.4, -0.2) is 61.6 Å². The minimum absolute atomic E-state index is 0.322. The number of carbonyl (C=O) groups excluding carboxylic acids is 3. The van der Waals surface area contributed by atoms with Crippen molar-refractivity contribution in [1.82, 2.24) is 9.80 Å². The number of methoxy groups -OCH3 is 1. The second kappa shape index (κ2) is 9.22. The van der Waals surface area contributed by atoms with Gasteiger partial charge >= 0.3 is 0 Å². The van der Waals surface area contributed by atoms with Gasteiger partial charge < -0.3 is 14.5 Å². The highest BCUT2D eigenvalue weighted by molar-refractivity contribution is 6.44. The van der Waals surface area contributed by atoms with Crippen molar-refractivity contribution in [3.63, 3.8) is 0 Å². The number of rotatable bonds is 8. The number of ether oxygens (including phenoxy) is 1. The van der Waals surface area contributed by atoms with Gasteiger partial charge in [-0.3, -0.25) is 14.4 Å². The van der Waals surface area contributed by atoms with Crippen LogP contribution in [0.2, 0.25) is 0 Å². The first-order chi connectivity index (χ1) is 14.3. The summed E-state index contributed by atoms with van der Waals surface area (Å²) in [6.07, 6.45) is 0.720. The average molecular weight is 408 g/mol. The summed E-state index contributed by atoms with van der Waals surface area (Å²) in [5.41, 5.74) is 1.96. The SMILES string of the molecule is COc1ccc(C(=O)C2C(=O)C(=O)N(CCCN(C)C)C2c2ccccc2)c(C)c1.